The molecule has 1 aromatic rings. The molecule has 8 heteroatoms. The van der Waals surface area contributed by atoms with E-state index in [9.17, 15) is 13.2 Å². The Morgan fingerprint density at radius 2 is 2.19 bits per heavy atom. The molecule has 1 heterocycles. The van der Waals surface area contributed by atoms with Crippen LogP contribution >= 0.6 is 0 Å². The van der Waals surface area contributed by atoms with Gasteiger partial charge in [-0.3, -0.25) is 9.58 Å². The summed E-state index contributed by atoms with van der Waals surface area (Å²) in [6.45, 7) is -1.43. The Kier molecular flexibility index (Phi) is 4.25. The van der Waals surface area contributed by atoms with Crippen molar-refractivity contribution in [3.05, 3.63) is 12.2 Å². The zero-order chi connectivity index (χ0) is 12.2. The number of aliphatic hydroxyl groups excluding tert-OH is 1. The maximum absolute atomic E-state index is 12.2. The van der Waals surface area contributed by atoms with Crippen molar-refractivity contribution in [2.75, 3.05) is 19.7 Å². The van der Waals surface area contributed by atoms with E-state index in [2.05, 4.69) is 10.1 Å². The Bertz CT molecular complexity index is 325. The average Bonchev–Trinajstić information content (AvgIpc) is 2.49. The topological polar surface area (TPSA) is 54.2 Å². The van der Waals surface area contributed by atoms with Gasteiger partial charge in [-0.1, -0.05) is 0 Å². The van der Waals surface area contributed by atoms with E-state index in [1.165, 1.54) is 11.0 Å². The summed E-state index contributed by atoms with van der Waals surface area (Å²) in [5.74, 6) is 0.428. The van der Waals surface area contributed by atoms with Gasteiger partial charge in [0.25, 0.3) is 0 Å². The number of nitrogens with zero attached hydrogens (tertiary/aromatic N) is 4. The molecule has 0 aliphatic heterocycles. The van der Waals surface area contributed by atoms with Gasteiger partial charge in [0.1, 0.15) is 12.2 Å². The SMILES string of the molecule is Cn1ncnc1CN(CCO)CC(F)(F)F. The molecule has 5 nitrogen and oxygen atoms in total. The van der Waals surface area contributed by atoms with Crippen molar-refractivity contribution in [3.63, 3.8) is 0 Å². The van der Waals surface area contributed by atoms with Crippen molar-refractivity contribution in [1.82, 2.24) is 19.7 Å². The monoisotopic (exact) mass is 238 g/mol. The Morgan fingerprint density at radius 3 is 2.62 bits per heavy atom. The molecule has 0 saturated carbocycles. The number of aryl methyl sites for hydroxylation is 1. The molecule has 0 fully saturated rings. The molecule has 0 aromatic carbocycles. The van der Waals surface area contributed by atoms with Gasteiger partial charge in [0, 0.05) is 13.6 Å². The van der Waals surface area contributed by atoms with Crippen LogP contribution in [0.1, 0.15) is 5.82 Å². The van der Waals surface area contributed by atoms with E-state index >= 15 is 0 Å². The van der Waals surface area contributed by atoms with E-state index in [1.807, 2.05) is 0 Å². The molecule has 0 radical (unpaired) electrons. The van der Waals surface area contributed by atoms with Crippen molar-refractivity contribution in [2.24, 2.45) is 7.05 Å². The normalized spacial score (nSPS) is 12.4. The van der Waals surface area contributed by atoms with Crippen molar-refractivity contribution >= 4 is 0 Å². The molecule has 0 amide bonds. The third kappa shape index (κ3) is 4.15. The number of rotatable bonds is 5. The van der Waals surface area contributed by atoms with Crippen LogP contribution < -0.4 is 0 Å². The maximum atomic E-state index is 12.2. The summed E-state index contributed by atoms with van der Waals surface area (Å²) in [5.41, 5.74) is 0. The summed E-state index contributed by atoms with van der Waals surface area (Å²) < 4.78 is 38.0. The molecule has 92 valence electrons. The van der Waals surface area contributed by atoms with Gasteiger partial charge in [-0.05, 0) is 0 Å². The molecule has 0 aliphatic rings. The first-order valence-corrected chi connectivity index (χ1v) is 4.65. The summed E-state index contributed by atoms with van der Waals surface area (Å²) in [6, 6.07) is 0. The molecule has 1 N–H and O–H groups in total. The first-order chi connectivity index (χ1) is 7.42. The predicted molar refractivity (Wildman–Crippen MR) is 49.4 cm³/mol. The van der Waals surface area contributed by atoms with Gasteiger partial charge in [-0.25, -0.2) is 4.98 Å². The van der Waals surface area contributed by atoms with Crippen LogP contribution in [-0.2, 0) is 13.6 Å². The van der Waals surface area contributed by atoms with Crippen molar-refractivity contribution in [1.29, 1.82) is 0 Å². The molecule has 0 bridgehead atoms. The van der Waals surface area contributed by atoms with Crippen LogP contribution in [-0.4, -0.2) is 50.6 Å². The van der Waals surface area contributed by atoms with Gasteiger partial charge in [0.15, 0.2) is 0 Å². The zero-order valence-corrected chi connectivity index (χ0v) is 8.78. The molecule has 1 aromatic heterocycles. The first kappa shape index (κ1) is 12.9. The average molecular weight is 238 g/mol. The van der Waals surface area contributed by atoms with E-state index in [1.54, 1.807) is 7.05 Å². The third-order valence-electron chi connectivity index (χ3n) is 1.99. The molecule has 0 saturated heterocycles. The lowest BCUT2D eigenvalue weighted by Gasteiger charge is -2.21. The third-order valence-corrected chi connectivity index (χ3v) is 1.99. The van der Waals surface area contributed by atoms with Gasteiger partial charge in [0.2, 0.25) is 0 Å². The maximum Gasteiger partial charge on any atom is 0.401 e. The second kappa shape index (κ2) is 5.26. The van der Waals surface area contributed by atoms with Crippen LogP contribution in [0.5, 0.6) is 0 Å². The van der Waals surface area contributed by atoms with Crippen LogP contribution in [0.15, 0.2) is 6.33 Å². The van der Waals surface area contributed by atoms with Crippen LogP contribution in [0.2, 0.25) is 0 Å². The van der Waals surface area contributed by atoms with Crippen molar-refractivity contribution in [2.45, 2.75) is 12.7 Å². The highest BCUT2D eigenvalue weighted by atomic mass is 19.4. The van der Waals surface area contributed by atoms with E-state index in [-0.39, 0.29) is 19.7 Å². The van der Waals surface area contributed by atoms with E-state index in [0.29, 0.717) is 5.82 Å². The van der Waals surface area contributed by atoms with E-state index in [4.69, 9.17) is 5.11 Å². The van der Waals surface area contributed by atoms with Gasteiger partial charge >= 0.3 is 6.18 Å². The minimum absolute atomic E-state index is 0.0105. The Hall–Kier alpha value is -1.15. The molecule has 0 aliphatic carbocycles. The number of aromatic nitrogens is 3. The van der Waals surface area contributed by atoms with Crippen LogP contribution in [0, 0.1) is 0 Å². The minimum Gasteiger partial charge on any atom is -0.395 e. The fourth-order valence-corrected chi connectivity index (χ4v) is 1.27. The lowest BCUT2D eigenvalue weighted by Crippen LogP contribution is -2.36. The summed E-state index contributed by atoms with van der Waals surface area (Å²) in [5, 5.41) is 12.4. The standard InChI is InChI=1S/C8H13F3N4O/c1-14-7(12-6-13-14)4-15(2-3-16)5-8(9,10)11/h6,16H,2-5H2,1H3. The number of hydrogen-bond donors (Lipinski definition) is 1. The number of hydrogen-bond acceptors (Lipinski definition) is 4. The molecule has 0 spiro atoms. The Morgan fingerprint density at radius 1 is 1.50 bits per heavy atom. The molecule has 0 unspecified atom stereocenters. The predicted octanol–water partition coefficient (Wildman–Crippen LogP) is 0.172. The van der Waals surface area contributed by atoms with Gasteiger partial charge < -0.3 is 5.11 Å². The Balaban J connectivity index is 2.61. The number of aliphatic hydroxyl groups is 1. The summed E-state index contributed by atoms with van der Waals surface area (Å²) in [6.07, 6.45) is -3.01. The molecular formula is C8H13F3N4O. The lowest BCUT2D eigenvalue weighted by molar-refractivity contribution is -0.148. The van der Waals surface area contributed by atoms with Crippen LogP contribution in [0.3, 0.4) is 0 Å². The quantitative estimate of drug-likeness (QED) is 0.794. The summed E-state index contributed by atoms with van der Waals surface area (Å²) in [7, 11) is 1.60. The van der Waals surface area contributed by atoms with Crippen LogP contribution in [0.4, 0.5) is 13.2 Å². The smallest absolute Gasteiger partial charge is 0.395 e. The lowest BCUT2D eigenvalue weighted by atomic mass is 10.4. The van der Waals surface area contributed by atoms with Gasteiger partial charge in [-0.15, -0.1) is 0 Å². The first-order valence-electron chi connectivity index (χ1n) is 4.65. The summed E-state index contributed by atoms with van der Waals surface area (Å²) in [4.78, 5) is 4.90. The number of alkyl halides is 3. The van der Waals surface area contributed by atoms with Crippen LogP contribution in [0.25, 0.3) is 0 Å². The molecule has 0 atom stereocenters. The van der Waals surface area contributed by atoms with Crippen molar-refractivity contribution < 1.29 is 18.3 Å². The number of halogens is 3. The van der Waals surface area contributed by atoms with E-state index < -0.39 is 12.7 Å². The Labute approximate surface area is 90.5 Å². The molecular weight excluding hydrogens is 225 g/mol. The molecule has 16 heavy (non-hydrogen) atoms. The van der Waals surface area contributed by atoms with E-state index in [0.717, 1.165) is 4.90 Å². The second-order valence-electron chi connectivity index (χ2n) is 3.35. The fourth-order valence-electron chi connectivity index (χ4n) is 1.27. The highest BCUT2D eigenvalue weighted by Gasteiger charge is 2.30. The fraction of sp³-hybridized carbons (Fsp3) is 0.750. The van der Waals surface area contributed by atoms with Crippen molar-refractivity contribution in [3.8, 4) is 0 Å². The highest BCUT2D eigenvalue weighted by molar-refractivity contribution is 4.84. The minimum atomic E-state index is -4.28. The largest absolute Gasteiger partial charge is 0.401 e. The van der Waals surface area contributed by atoms with Gasteiger partial charge in [-0.2, -0.15) is 18.3 Å². The highest BCUT2D eigenvalue weighted by Crippen LogP contribution is 2.17. The zero-order valence-electron chi connectivity index (χ0n) is 8.78. The molecule has 1 rings (SSSR count). The second-order valence-corrected chi connectivity index (χ2v) is 3.35. The summed E-state index contributed by atoms with van der Waals surface area (Å²) >= 11 is 0. The van der Waals surface area contributed by atoms with Gasteiger partial charge in [0.05, 0.1) is 19.7 Å².